The topological polar surface area (TPSA) is 74.0 Å². The first-order valence-corrected chi connectivity index (χ1v) is 12.5. The molecule has 1 N–H and O–H groups in total. The molecule has 0 unspecified atom stereocenters. The van der Waals surface area contributed by atoms with Crippen molar-refractivity contribution in [2.75, 3.05) is 13.1 Å². The van der Waals surface area contributed by atoms with E-state index in [0.717, 1.165) is 34.3 Å². The molecule has 0 spiro atoms. The molecule has 0 fully saturated rings. The minimum atomic E-state index is -0.371. The van der Waals surface area contributed by atoms with Gasteiger partial charge in [0.15, 0.2) is 0 Å². The van der Waals surface area contributed by atoms with Crippen molar-refractivity contribution in [3.05, 3.63) is 105 Å². The van der Waals surface area contributed by atoms with Gasteiger partial charge in [0.25, 0.3) is 0 Å². The lowest BCUT2D eigenvalue weighted by Crippen LogP contribution is -2.34. The number of nitrogens with zero attached hydrogens (tertiary/aromatic N) is 4. The van der Waals surface area contributed by atoms with E-state index in [1.165, 1.54) is 12.1 Å². The van der Waals surface area contributed by atoms with Gasteiger partial charge < -0.3 is 5.32 Å². The van der Waals surface area contributed by atoms with Crippen LogP contribution in [0.1, 0.15) is 27.9 Å². The lowest BCUT2D eigenvalue weighted by Gasteiger charge is -2.27. The van der Waals surface area contributed by atoms with Gasteiger partial charge in [0, 0.05) is 49.9 Å². The van der Waals surface area contributed by atoms with Gasteiger partial charge in [-0.15, -0.1) is 0 Å². The highest BCUT2D eigenvalue weighted by Crippen LogP contribution is 2.33. The predicted octanol–water partition coefficient (Wildman–Crippen LogP) is 6.18. The van der Waals surface area contributed by atoms with Crippen LogP contribution in [-0.4, -0.2) is 33.6 Å². The number of aromatic nitrogens is 2. The molecule has 0 atom stereocenters. The van der Waals surface area contributed by atoms with Crippen molar-refractivity contribution in [3.8, 4) is 6.07 Å². The Bertz CT molecular complexity index is 1570. The zero-order valence-corrected chi connectivity index (χ0v) is 21.2. The van der Waals surface area contributed by atoms with Crippen molar-refractivity contribution in [2.24, 2.45) is 0 Å². The van der Waals surface area contributed by atoms with Gasteiger partial charge in [-0.25, -0.2) is 14.2 Å². The van der Waals surface area contributed by atoms with Crippen LogP contribution < -0.4 is 5.32 Å². The highest BCUT2D eigenvalue weighted by atomic mass is 35.5. The van der Waals surface area contributed by atoms with E-state index in [1.807, 2.05) is 18.2 Å². The van der Waals surface area contributed by atoms with E-state index in [4.69, 9.17) is 23.2 Å². The van der Waals surface area contributed by atoms with Crippen LogP contribution in [0.5, 0.6) is 0 Å². The molecule has 6 nitrogen and oxygen atoms in total. The molecule has 3 heterocycles. The summed E-state index contributed by atoms with van der Waals surface area (Å²) in [5.41, 5.74) is 4.73. The Hall–Kier alpha value is -3.70. The number of halogens is 3. The van der Waals surface area contributed by atoms with Gasteiger partial charge in [0.05, 0.1) is 22.2 Å². The van der Waals surface area contributed by atoms with Gasteiger partial charge in [0.2, 0.25) is 0 Å². The molecular formula is C28H22Cl2FN5O. The maximum absolute atomic E-state index is 13.4. The number of hydrogen-bond donors (Lipinski definition) is 1. The molecule has 0 aliphatic carbocycles. The normalized spacial score (nSPS) is 13.6. The number of rotatable bonds is 5. The largest absolute Gasteiger partial charge is 0.333 e. The molecular weight excluding hydrogens is 512 g/mol. The summed E-state index contributed by atoms with van der Waals surface area (Å²) in [4.78, 5) is 19.6. The zero-order chi connectivity index (χ0) is 25.9. The number of nitriles is 1. The monoisotopic (exact) mass is 533 g/mol. The van der Waals surface area contributed by atoms with Crippen LogP contribution in [0.15, 0.2) is 60.8 Å². The average molecular weight is 534 g/mol. The third-order valence-corrected chi connectivity index (χ3v) is 6.97. The number of amides is 1. The quantitative estimate of drug-likeness (QED) is 0.310. The predicted molar refractivity (Wildman–Crippen MR) is 143 cm³/mol. The molecule has 1 aliphatic heterocycles. The van der Waals surface area contributed by atoms with Gasteiger partial charge in [-0.2, -0.15) is 5.26 Å². The van der Waals surface area contributed by atoms with Crippen LogP contribution >= 0.6 is 23.2 Å². The first-order chi connectivity index (χ1) is 17.9. The Labute approximate surface area is 223 Å². The summed E-state index contributed by atoms with van der Waals surface area (Å²) in [6.45, 7) is 2.27. The van der Waals surface area contributed by atoms with E-state index in [9.17, 15) is 14.4 Å². The SMILES string of the molecule is N#Cc1cccc2c1c1c(n2C(=O)NCc2ccnc(Cl)c2)CCN(CC=Cc2ccc(F)cc2Cl)C1. The van der Waals surface area contributed by atoms with Crippen molar-refractivity contribution < 1.29 is 9.18 Å². The molecule has 1 aliphatic rings. The summed E-state index contributed by atoms with van der Waals surface area (Å²) in [6, 6.07) is 15.3. The van der Waals surface area contributed by atoms with E-state index < -0.39 is 0 Å². The Balaban J connectivity index is 1.41. The van der Waals surface area contributed by atoms with Gasteiger partial charge in [0.1, 0.15) is 11.0 Å². The fourth-order valence-electron chi connectivity index (χ4n) is 4.72. The van der Waals surface area contributed by atoms with Crippen LogP contribution in [0.4, 0.5) is 9.18 Å². The fourth-order valence-corrected chi connectivity index (χ4v) is 5.15. The summed E-state index contributed by atoms with van der Waals surface area (Å²) in [5, 5.41) is 14.3. The molecule has 2 aromatic heterocycles. The van der Waals surface area contributed by atoms with Crippen molar-refractivity contribution in [3.63, 3.8) is 0 Å². The van der Waals surface area contributed by atoms with E-state index in [1.54, 1.807) is 41.1 Å². The molecule has 186 valence electrons. The second-order valence-electron chi connectivity index (χ2n) is 8.77. The zero-order valence-electron chi connectivity index (χ0n) is 19.7. The van der Waals surface area contributed by atoms with Crippen molar-refractivity contribution in [2.45, 2.75) is 19.5 Å². The van der Waals surface area contributed by atoms with Crippen LogP contribution in [-0.2, 0) is 19.5 Å². The molecule has 1 amide bonds. The minimum absolute atomic E-state index is 0.256. The molecule has 4 aromatic rings. The minimum Gasteiger partial charge on any atom is -0.333 e. The molecule has 0 saturated carbocycles. The number of carbonyl (C=O) groups is 1. The lowest BCUT2D eigenvalue weighted by atomic mass is 10.0. The number of carbonyl (C=O) groups excluding carboxylic acids is 1. The Morgan fingerprint density at radius 1 is 1.22 bits per heavy atom. The molecule has 9 heteroatoms. The summed E-state index contributed by atoms with van der Waals surface area (Å²) in [5.74, 6) is -0.371. The van der Waals surface area contributed by atoms with E-state index in [-0.39, 0.29) is 11.8 Å². The van der Waals surface area contributed by atoms with E-state index in [0.29, 0.717) is 47.3 Å². The Kier molecular flexibility index (Phi) is 7.24. The highest BCUT2D eigenvalue weighted by Gasteiger charge is 2.27. The number of benzene rings is 2. The Morgan fingerprint density at radius 2 is 2.08 bits per heavy atom. The molecule has 0 radical (unpaired) electrons. The van der Waals surface area contributed by atoms with Crippen molar-refractivity contribution >= 4 is 46.2 Å². The summed E-state index contributed by atoms with van der Waals surface area (Å²) < 4.78 is 15.0. The average Bonchev–Trinajstić information content (AvgIpc) is 3.22. The maximum Gasteiger partial charge on any atom is 0.326 e. The second-order valence-corrected chi connectivity index (χ2v) is 9.57. The van der Waals surface area contributed by atoms with E-state index in [2.05, 4.69) is 21.3 Å². The molecule has 2 aromatic carbocycles. The van der Waals surface area contributed by atoms with Crippen LogP contribution in [0.25, 0.3) is 17.0 Å². The van der Waals surface area contributed by atoms with Crippen molar-refractivity contribution in [1.29, 1.82) is 5.26 Å². The van der Waals surface area contributed by atoms with Crippen LogP contribution in [0, 0.1) is 17.1 Å². The number of fused-ring (bicyclic) bond motifs is 3. The van der Waals surface area contributed by atoms with Gasteiger partial charge in [-0.05, 0) is 53.1 Å². The molecule has 37 heavy (non-hydrogen) atoms. The number of nitrogens with one attached hydrogen (secondary N) is 1. The smallest absolute Gasteiger partial charge is 0.326 e. The third-order valence-electron chi connectivity index (χ3n) is 6.43. The molecule has 0 saturated heterocycles. The second kappa shape index (κ2) is 10.7. The summed E-state index contributed by atoms with van der Waals surface area (Å²) in [6.07, 6.45) is 6.11. The maximum atomic E-state index is 13.4. The van der Waals surface area contributed by atoms with Gasteiger partial charge >= 0.3 is 6.03 Å². The highest BCUT2D eigenvalue weighted by molar-refractivity contribution is 6.32. The summed E-state index contributed by atoms with van der Waals surface area (Å²) >= 11 is 12.1. The third kappa shape index (κ3) is 5.23. The molecule has 5 rings (SSSR count). The molecule has 0 bridgehead atoms. The first kappa shape index (κ1) is 25.0. The number of pyridine rings is 1. The fraction of sp³-hybridized carbons (Fsp3) is 0.179. The first-order valence-electron chi connectivity index (χ1n) is 11.7. The standard InChI is InChI=1S/C28H22Cl2FN5O/c29-23-14-21(31)7-6-19(23)4-2-11-35-12-9-24-22(17-35)27-20(15-32)3-1-5-25(27)36(24)28(37)34-16-18-8-10-33-26(30)13-18/h1-8,10,13-14H,9,11-12,16-17H2,(H,34,37). The van der Waals surface area contributed by atoms with Crippen LogP contribution in [0.2, 0.25) is 10.2 Å². The summed E-state index contributed by atoms with van der Waals surface area (Å²) in [7, 11) is 0. The number of hydrogen-bond acceptors (Lipinski definition) is 4. The van der Waals surface area contributed by atoms with Crippen LogP contribution in [0.3, 0.4) is 0 Å². The van der Waals surface area contributed by atoms with Gasteiger partial charge in [-0.1, -0.05) is 47.5 Å². The Morgan fingerprint density at radius 3 is 2.86 bits per heavy atom. The lowest BCUT2D eigenvalue weighted by molar-refractivity contribution is 0.240. The van der Waals surface area contributed by atoms with Gasteiger partial charge in [-0.3, -0.25) is 9.47 Å². The van der Waals surface area contributed by atoms with E-state index >= 15 is 0 Å². The van der Waals surface area contributed by atoms with Crippen molar-refractivity contribution in [1.82, 2.24) is 19.8 Å².